The lowest BCUT2D eigenvalue weighted by atomic mass is 10.2. The maximum atomic E-state index is 12.5. The number of non-ortho nitro benzene ring substituents is 1. The van der Waals surface area contributed by atoms with Crippen molar-refractivity contribution in [2.75, 3.05) is 0 Å². The molecule has 0 unspecified atom stereocenters. The van der Waals surface area contributed by atoms with Gasteiger partial charge in [0.05, 0.1) is 16.2 Å². The number of nitrogens with zero attached hydrogens (tertiary/aromatic N) is 2. The molecule has 8 nitrogen and oxygen atoms in total. The van der Waals surface area contributed by atoms with Crippen molar-refractivity contribution in [3.05, 3.63) is 104 Å². The minimum atomic E-state index is -0.583. The Kier molecular flexibility index (Phi) is 6.43. The Morgan fingerprint density at radius 3 is 2.55 bits per heavy atom. The van der Waals surface area contributed by atoms with Gasteiger partial charge in [0.1, 0.15) is 10.6 Å². The average molecular weight is 480 g/mol. The first-order chi connectivity index (χ1) is 15.9. The summed E-state index contributed by atoms with van der Waals surface area (Å²) in [7, 11) is 0. The Morgan fingerprint density at radius 1 is 1.06 bits per heavy atom. The summed E-state index contributed by atoms with van der Waals surface area (Å²) in [6.07, 6.45) is 1.39. The van der Waals surface area contributed by atoms with Gasteiger partial charge in [-0.2, -0.15) is 5.10 Å². The van der Waals surface area contributed by atoms with Gasteiger partial charge in [-0.3, -0.25) is 14.9 Å². The molecule has 0 fully saturated rings. The van der Waals surface area contributed by atoms with E-state index >= 15 is 0 Å². The zero-order chi connectivity index (χ0) is 23.4. The molecule has 164 valence electrons. The highest BCUT2D eigenvalue weighted by Gasteiger charge is 2.19. The Hall–Kier alpha value is -4.08. The van der Waals surface area contributed by atoms with Crippen LogP contribution in [0.15, 0.2) is 77.9 Å². The first-order valence-electron chi connectivity index (χ1n) is 9.49. The zero-order valence-corrected chi connectivity index (χ0v) is 18.3. The molecule has 0 aliphatic carbocycles. The van der Waals surface area contributed by atoms with E-state index in [1.807, 2.05) is 24.3 Å². The smallest absolute Gasteiger partial charge is 0.355 e. The molecule has 0 aliphatic rings. The predicted octanol–water partition coefficient (Wildman–Crippen LogP) is 5.45. The number of benzene rings is 3. The normalized spacial score (nSPS) is 10.9. The third-order valence-corrected chi connectivity index (χ3v) is 6.17. The summed E-state index contributed by atoms with van der Waals surface area (Å²) in [6.45, 7) is 0. The summed E-state index contributed by atoms with van der Waals surface area (Å²) >= 11 is 7.58. The van der Waals surface area contributed by atoms with Gasteiger partial charge in [-0.05, 0) is 42.0 Å². The molecule has 1 aromatic heterocycles. The van der Waals surface area contributed by atoms with Crippen molar-refractivity contribution < 1.29 is 19.2 Å². The van der Waals surface area contributed by atoms with Crippen molar-refractivity contribution in [3.63, 3.8) is 0 Å². The van der Waals surface area contributed by atoms with E-state index in [1.54, 1.807) is 24.3 Å². The van der Waals surface area contributed by atoms with Gasteiger partial charge in [0, 0.05) is 27.8 Å². The van der Waals surface area contributed by atoms with Crippen LogP contribution in [0, 0.1) is 10.1 Å². The van der Waals surface area contributed by atoms with E-state index in [1.165, 1.54) is 35.8 Å². The molecule has 10 heteroatoms. The van der Waals surface area contributed by atoms with Gasteiger partial charge in [-0.15, -0.1) is 11.3 Å². The molecule has 1 heterocycles. The van der Waals surface area contributed by atoms with Gasteiger partial charge in [0.2, 0.25) is 0 Å². The van der Waals surface area contributed by atoms with Crippen LogP contribution in [0.2, 0.25) is 5.02 Å². The zero-order valence-electron chi connectivity index (χ0n) is 16.7. The van der Waals surface area contributed by atoms with Crippen LogP contribution < -0.4 is 10.2 Å². The minimum Gasteiger partial charge on any atom is -0.422 e. The van der Waals surface area contributed by atoms with Crippen molar-refractivity contribution >= 4 is 56.8 Å². The number of esters is 1. The number of carbonyl (C=O) groups excluding carboxylic acids is 2. The molecule has 4 aromatic rings. The van der Waals surface area contributed by atoms with Gasteiger partial charge in [0.25, 0.3) is 11.6 Å². The van der Waals surface area contributed by atoms with Gasteiger partial charge in [0.15, 0.2) is 0 Å². The van der Waals surface area contributed by atoms with E-state index < -0.39 is 16.8 Å². The molecule has 1 N–H and O–H groups in total. The Balaban J connectivity index is 1.38. The van der Waals surface area contributed by atoms with Crippen molar-refractivity contribution in [1.29, 1.82) is 0 Å². The highest BCUT2D eigenvalue weighted by molar-refractivity contribution is 7.21. The summed E-state index contributed by atoms with van der Waals surface area (Å²) in [5.41, 5.74) is 2.87. The number of rotatable bonds is 6. The number of ether oxygens (including phenoxy) is 1. The quantitative estimate of drug-likeness (QED) is 0.130. The molecule has 0 atom stereocenters. The van der Waals surface area contributed by atoms with Gasteiger partial charge in [-0.1, -0.05) is 35.9 Å². The fourth-order valence-corrected chi connectivity index (χ4v) is 4.30. The molecule has 33 heavy (non-hydrogen) atoms. The Labute approximate surface area is 196 Å². The largest absolute Gasteiger partial charge is 0.422 e. The number of halogens is 1. The van der Waals surface area contributed by atoms with Crippen LogP contribution in [0.25, 0.3) is 10.1 Å². The number of nitro groups is 1. The number of nitrogens with one attached hydrogen (secondary N) is 1. The molecule has 0 bridgehead atoms. The predicted molar refractivity (Wildman–Crippen MR) is 126 cm³/mol. The third kappa shape index (κ3) is 5.05. The van der Waals surface area contributed by atoms with Crippen LogP contribution >= 0.6 is 22.9 Å². The van der Waals surface area contributed by atoms with Crippen LogP contribution in [0.5, 0.6) is 5.75 Å². The van der Waals surface area contributed by atoms with E-state index in [0.717, 1.165) is 16.2 Å². The summed E-state index contributed by atoms with van der Waals surface area (Å²) in [5, 5.41) is 15.8. The number of hydrogen-bond donors (Lipinski definition) is 1. The van der Waals surface area contributed by atoms with E-state index in [0.29, 0.717) is 21.2 Å². The van der Waals surface area contributed by atoms with Gasteiger partial charge >= 0.3 is 5.97 Å². The maximum Gasteiger partial charge on any atom is 0.355 e. The molecule has 0 aliphatic heterocycles. The molecular formula is C23H14ClN3O5S. The maximum absolute atomic E-state index is 12.5. The minimum absolute atomic E-state index is 0.114. The molecule has 1 amide bonds. The van der Waals surface area contributed by atoms with Crippen molar-refractivity contribution in [3.8, 4) is 5.75 Å². The second-order valence-corrected chi connectivity index (χ2v) is 8.14. The van der Waals surface area contributed by atoms with Gasteiger partial charge < -0.3 is 4.74 Å². The standard InChI is InChI=1S/C23H14ClN3O5S/c24-20-18-6-1-2-7-19(18)33-21(20)23(29)32-17-10-8-14(9-11-17)13-25-26-22(28)15-4-3-5-16(12-15)27(30)31/h1-13H,(H,26,28)/b25-13-. The van der Waals surface area contributed by atoms with Crippen molar-refractivity contribution in [2.24, 2.45) is 5.10 Å². The molecule has 4 rings (SSSR count). The fourth-order valence-electron chi connectivity index (χ4n) is 2.91. The van der Waals surface area contributed by atoms with Crippen LogP contribution in [0.1, 0.15) is 25.6 Å². The summed E-state index contributed by atoms with van der Waals surface area (Å²) in [4.78, 5) is 35.2. The number of hydrazone groups is 1. The highest BCUT2D eigenvalue weighted by Crippen LogP contribution is 2.35. The topological polar surface area (TPSA) is 111 Å². The first kappa shape index (κ1) is 22.1. The van der Waals surface area contributed by atoms with Crippen molar-refractivity contribution in [2.45, 2.75) is 0 Å². The number of fused-ring (bicyclic) bond motifs is 1. The first-order valence-corrected chi connectivity index (χ1v) is 10.7. The van der Waals surface area contributed by atoms with Crippen LogP contribution in [-0.4, -0.2) is 23.0 Å². The molecule has 0 radical (unpaired) electrons. The number of nitro benzene ring substituents is 1. The fraction of sp³-hybridized carbons (Fsp3) is 0. The summed E-state index contributed by atoms with van der Waals surface area (Å²) < 4.78 is 6.31. The summed E-state index contributed by atoms with van der Waals surface area (Å²) in [5.74, 6) is -0.807. The number of amides is 1. The van der Waals surface area contributed by atoms with E-state index in [9.17, 15) is 19.7 Å². The monoisotopic (exact) mass is 479 g/mol. The van der Waals surface area contributed by atoms with Crippen LogP contribution in [-0.2, 0) is 0 Å². The number of carbonyl (C=O) groups is 2. The van der Waals surface area contributed by atoms with E-state index in [2.05, 4.69) is 10.5 Å². The lowest BCUT2D eigenvalue weighted by Gasteiger charge is -2.03. The van der Waals surface area contributed by atoms with Gasteiger partial charge in [-0.25, -0.2) is 10.2 Å². The Bertz CT molecular complexity index is 1400. The third-order valence-electron chi connectivity index (χ3n) is 4.51. The van der Waals surface area contributed by atoms with Crippen molar-refractivity contribution in [1.82, 2.24) is 5.43 Å². The lowest BCUT2D eigenvalue weighted by molar-refractivity contribution is -0.384. The molecule has 3 aromatic carbocycles. The summed E-state index contributed by atoms with van der Waals surface area (Å²) in [6, 6.07) is 19.2. The second-order valence-electron chi connectivity index (χ2n) is 6.71. The number of thiophene rings is 1. The molecular weight excluding hydrogens is 466 g/mol. The van der Waals surface area contributed by atoms with E-state index in [-0.39, 0.29) is 11.3 Å². The lowest BCUT2D eigenvalue weighted by Crippen LogP contribution is -2.17. The van der Waals surface area contributed by atoms with Crippen LogP contribution in [0.3, 0.4) is 0 Å². The second kappa shape index (κ2) is 9.60. The highest BCUT2D eigenvalue weighted by atomic mass is 35.5. The SMILES string of the molecule is O=C(N/N=C\c1ccc(OC(=O)c2sc3ccccc3c2Cl)cc1)c1cccc([N+](=O)[O-])c1. The van der Waals surface area contributed by atoms with Crippen LogP contribution in [0.4, 0.5) is 5.69 Å². The molecule has 0 spiro atoms. The number of hydrogen-bond acceptors (Lipinski definition) is 7. The molecule has 0 saturated carbocycles. The average Bonchev–Trinajstić information content (AvgIpc) is 3.17. The van der Waals surface area contributed by atoms with E-state index in [4.69, 9.17) is 16.3 Å². The Morgan fingerprint density at radius 2 is 1.82 bits per heavy atom. The molecule has 0 saturated heterocycles.